The zero-order valence-corrected chi connectivity index (χ0v) is 11.3. The Hall–Kier alpha value is -1.52. The van der Waals surface area contributed by atoms with Crippen molar-refractivity contribution in [2.45, 2.75) is 44.0 Å². The number of hydrogen-bond donors (Lipinski definition) is 5. The Balaban J connectivity index is 2.45. The van der Waals surface area contributed by atoms with Crippen LogP contribution in [0.2, 0.25) is 0 Å². The first-order chi connectivity index (χ1) is 9.90. The van der Waals surface area contributed by atoms with Crippen LogP contribution in [0.4, 0.5) is 0 Å². The van der Waals surface area contributed by atoms with Crippen LogP contribution in [0.25, 0.3) is 0 Å². The molecule has 0 bridgehead atoms. The molecule has 0 saturated carbocycles. The maximum atomic E-state index is 11.8. The number of aryl methyl sites for hydroxylation is 1. The van der Waals surface area contributed by atoms with E-state index in [1.807, 2.05) is 0 Å². The van der Waals surface area contributed by atoms with Gasteiger partial charge in [0.15, 0.2) is 6.23 Å². The van der Waals surface area contributed by atoms with Gasteiger partial charge in [0, 0.05) is 11.8 Å². The van der Waals surface area contributed by atoms with Crippen molar-refractivity contribution in [3.63, 3.8) is 0 Å². The third kappa shape index (κ3) is 2.78. The second-order valence-corrected chi connectivity index (χ2v) is 4.89. The first-order valence-electron chi connectivity index (χ1n) is 6.55. The van der Waals surface area contributed by atoms with Crippen LogP contribution in [0.5, 0.6) is 0 Å². The summed E-state index contributed by atoms with van der Waals surface area (Å²) in [5.74, 6) is 0. The number of ether oxygens (including phenoxy) is 1. The molecule has 2 rings (SSSR count). The van der Waals surface area contributed by atoms with Crippen molar-refractivity contribution in [2.24, 2.45) is 0 Å². The molecule has 21 heavy (non-hydrogen) atoms. The van der Waals surface area contributed by atoms with Crippen LogP contribution in [0.1, 0.15) is 18.7 Å². The number of aromatic nitrogens is 2. The minimum Gasteiger partial charge on any atom is -0.394 e. The number of rotatable bonds is 3. The van der Waals surface area contributed by atoms with E-state index < -0.39 is 48.5 Å². The summed E-state index contributed by atoms with van der Waals surface area (Å²) in [7, 11) is 0. The molecule has 1 unspecified atom stereocenters. The average molecular weight is 302 g/mol. The van der Waals surface area contributed by atoms with Gasteiger partial charge in [-0.2, -0.15) is 0 Å². The summed E-state index contributed by atoms with van der Waals surface area (Å²) in [5, 5.41) is 38.5. The van der Waals surface area contributed by atoms with E-state index in [9.17, 15) is 24.9 Å². The zero-order chi connectivity index (χ0) is 15.7. The zero-order valence-electron chi connectivity index (χ0n) is 11.3. The highest BCUT2D eigenvalue weighted by Gasteiger charge is 2.44. The summed E-state index contributed by atoms with van der Waals surface area (Å²) in [4.78, 5) is 25.5. The maximum absolute atomic E-state index is 11.8. The van der Waals surface area contributed by atoms with E-state index in [1.165, 1.54) is 6.20 Å². The lowest BCUT2D eigenvalue weighted by Crippen LogP contribution is -2.58. The molecule has 2 heterocycles. The fourth-order valence-electron chi connectivity index (χ4n) is 2.28. The van der Waals surface area contributed by atoms with Crippen LogP contribution in [0, 0.1) is 0 Å². The summed E-state index contributed by atoms with van der Waals surface area (Å²) in [6.45, 7) is 1.12. The molecular formula is C12H18N2O7. The van der Waals surface area contributed by atoms with Gasteiger partial charge in [0.05, 0.1) is 6.61 Å². The molecule has 5 N–H and O–H groups in total. The molecule has 0 amide bonds. The van der Waals surface area contributed by atoms with Crippen LogP contribution in [-0.2, 0) is 11.2 Å². The monoisotopic (exact) mass is 302 g/mol. The van der Waals surface area contributed by atoms with E-state index in [1.54, 1.807) is 6.92 Å². The molecule has 1 saturated heterocycles. The molecule has 1 aromatic rings. The van der Waals surface area contributed by atoms with Gasteiger partial charge in [0.1, 0.15) is 24.4 Å². The summed E-state index contributed by atoms with van der Waals surface area (Å²) in [6, 6.07) is 0. The molecule has 1 aliphatic rings. The van der Waals surface area contributed by atoms with Crippen LogP contribution in [0.3, 0.4) is 0 Å². The maximum Gasteiger partial charge on any atom is 0.330 e. The smallest absolute Gasteiger partial charge is 0.330 e. The lowest BCUT2D eigenvalue weighted by atomic mass is 9.98. The van der Waals surface area contributed by atoms with Gasteiger partial charge < -0.3 is 25.2 Å². The molecule has 1 aliphatic heterocycles. The van der Waals surface area contributed by atoms with E-state index in [4.69, 9.17) is 9.84 Å². The van der Waals surface area contributed by atoms with Crippen molar-refractivity contribution >= 4 is 0 Å². The molecule has 0 radical (unpaired) electrons. The molecule has 1 aromatic heterocycles. The number of nitrogens with zero attached hydrogens (tertiary/aromatic N) is 1. The third-order valence-corrected chi connectivity index (χ3v) is 3.56. The fraction of sp³-hybridized carbons (Fsp3) is 0.667. The standard InChI is InChI=1S/C12H18N2O7/c1-2-5-3-14(12(20)13-10(5)19)11-9(18)8(17)7(16)6(4-15)21-11/h3,6-9,11,15-18H,2,4H2,1H3,(H,13,19,20)/t6-,7-,8+,9-,11?/m1/s1. The Morgan fingerprint density at radius 2 is 1.90 bits per heavy atom. The van der Waals surface area contributed by atoms with Crippen molar-refractivity contribution in [3.05, 3.63) is 32.6 Å². The first-order valence-corrected chi connectivity index (χ1v) is 6.55. The van der Waals surface area contributed by atoms with Crippen LogP contribution in [-0.4, -0.2) is 61.0 Å². The highest BCUT2D eigenvalue weighted by atomic mass is 16.6. The molecule has 118 valence electrons. The molecule has 9 nitrogen and oxygen atoms in total. The molecule has 5 atom stereocenters. The molecule has 9 heteroatoms. The molecule has 1 fully saturated rings. The minimum absolute atomic E-state index is 0.298. The number of aliphatic hydroxyl groups excluding tert-OH is 4. The van der Waals surface area contributed by atoms with Crippen molar-refractivity contribution in [3.8, 4) is 0 Å². The number of hydrogen-bond acceptors (Lipinski definition) is 7. The van der Waals surface area contributed by atoms with Gasteiger partial charge in [0.25, 0.3) is 5.56 Å². The largest absolute Gasteiger partial charge is 0.394 e. The highest BCUT2D eigenvalue weighted by Crippen LogP contribution is 2.27. The van der Waals surface area contributed by atoms with Crippen molar-refractivity contribution in [2.75, 3.05) is 6.61 Å². The van der Waals surface area contributed by atoms with Gasteiger partial charge in [-0.15, -0.1) is 0 Å². The van der Waals surface area contributed by atoms with Crippen LogP contribution in [0.15, 0.2) is 15.8 Å². The first kappa shape index (κ1) is 15.9. The van der Waals surface area contributed by atoms with Gasteiger partial charge in [-0.3, -0.25) is 14.3 Å². The molecule has 0 spiro atoms. The number of H-pyrrole nitrogens is 1. The Morgan fingerprint density at radius 3 is 2.48 bits per heavy atom. The Bertz CT molecular complexity index is 608. The fourth-order valence-corrected chi connectivity index (χ4v) is 2.28. The summed E-state index contributed by atoms with van der Waals surface area (Å²) < 4.78 is 6.20. The highest BCUT2D eigenvalue weighted by molar-refractivity contribution is 5.05. The van der Waals surface area contributed by atoms with Gasteiger partial charge in [0.2, 0.25) is 0 Å². The number of nitrogens with one attached hydrogen (secondary N) is 1. The quantitative estimate of drug-likeness (QED) is 0.402. The topological polar surface area (TPSA) is 145 Å². The predicted molar refractivity (Wildman–Crippen MR) is 69.7 cm³/mol. The lowest BCUT2D eigenvalue weighted by Gasteiger charge is -2.40. The lowest BCUT2D eigenvalue weighted by molar-refractivity contribution is -0.252. The Kier molecular flexibility index (Phi) is 4.59. The summed E-state index contributed by atoms with van der Waals surface area (Å²) >= 11 is 0. The van der Waals surface area contributed by atoms with Crippen molar-refractivity contribution in [1.29, 1.82) is 0 Å². The van der Waals surface area contributed by atoms with Crippen molar-refractivity contribution in [1.82, 2.24) is 9.55 Å². The van der Waals surface area contributed by atoms with Crippen molar-refractivity contribution < 1.29 is 25.2 Å². The van der Waals surface area contributed by atoms with E-state index in [-0.39, 0.29) is 0 Å². The van der Waals surface area contributed by atoms with E-state index >= 15 is 0 Å². The Labute approximate surface area is 119 Å². The van der Waals surface area contributed by atoms with Crippen LogP contribution < -0.4 is 11.2 Å². The SMILES string of the molecule is CCc1cn(C2O[C@H](CO)[C@@H](O)[C@H](O)[C@H]2O)c(=O)[nH]c1=O. The van der Waals surface area contributed by atoms with E-state index in [2.05, 4.69) is 4.98 Å². The van der Waals surface area contributed by atoms with Gasteiger partial charge in [-0.25, -0.2) is 4.79 Å². The van der Waals surface area contributed by atoms with Gasteiger partial charge in [-0.1, -0.05) is 6.92 Å². The minimum atomic E-state index is -1.59. The van der Waals surface area contributed by atoms with Gasteiger partial charge in [-0.05, 0) is 6.42 Å². The summed E-state index contributed by atoms with van der Waals surface area (Å²) in [6.07, 6.45) is -5.56. The number of aliphatic hydroxyl groups is 4. The van der Waals surface area contributed by atoms with E-state index in [0.717, 1.165) is 4.57 Å². The van der Waals surface area contributed by atoms with Gasteiger partial charge >= 0.3 is 5.69 Å². The second-order valence-electron chi connectivity index (χ2n) is 4.89. The normalized spacial score (nSPS) is 33.1. The van der Waals surface area contributed by atoms with E-state index in [0.29, 0.717) is 12.0 Å². The number of aromatic amines is 1. The summed E-state index contributed by atoms with van der Waals surface area (Å²) in [5.41, 5.74) is -1.06. The predicted octanol–water partition coefficient (Wildman–Crippen LogP) is -2.93. The average Bonchev–Trinajstić information content (AvgIpc) is 2.46. The molecule has 0 aliphatic carbocycles. The third-order valence-electron chi connectivity index (χ3n) is 3.56. The Morgan fingerprint density at radius 1 is 1.24 bits per heavy atom. The van der Waals surface area contributed by atoms with Crippen LogP contribution >= 0.6 is 0 Å². The molecular weight excluding hydrogens is 284 g/mol. The second kappa shape index (κ2) is 6.08. The molecule has 0 aromatic carbocycles.